The summed E-state index contributed by atoms with van der Waals surface area (Å²) in [6.45, 7) is 1.22. The summed E-state index contributed by atoms with van der Waals surface area (Å²) in [5, 5.41) is 0. The fourth-order valence-corrected chi connectivity index (χ4v) is 1.59. The average Bonchev–Trinajstić information content (AvgIpc) is 2.24. The lowest BCUT2D eigenvalue weighted by atomic mass is 9.92. The maximum atomic E-state index is 12.2. The number of hydrogen-bond donors (Lipinski definition) is 0. The zero-order valence-corrected chi connectivity index (χ0v) is 9.53. The quantitative estimate of drug-likeness (QED) is 0.764. The van der Waals surface area contributed by atoms with E-state index in [0.717, 1.165) is 6.07 Å². The highest BCUT2D eigenvalue weighted by Gasteiger charge is 2.33. The molecule has 18 heavy (non-hydrogen) atoms. The summed E-state index contributed by atoms with van der Waals surface area (Å²) in [5.74, 6) is -1.76. The van der Waals surface area contributed by atoms with Crippen LogP contribution in [0.3, 0.4) is 0 Å². The van der Waals surface area contributed by atoms with Crippen LogP contribution < -0.4 is 4.74 Å². The van der Waals surface area contributed by atoms with Gasteiger partial charge in [-0.3, -0.25) is 4.79 Å². The van der Waals surface area contributed by atoms with E-state index in [0.29, 0.717) is 6.29 Å². The van der Waals surface area contributed by atoms with Gasteiger partial charge in [-0.2, -0.15) is 0 Å². The molecule has 0 N–H and O–H groups in total. The first-order valence-electron chi connectivity index (χ1n) is 5.14. The van der Waals surface area contributed by atoms with Gasteiger partial charge in [0, 0.05) is 12.0 Å². The maximum absolute atomic E-state index is 12.2. The normalized spacial score (nSPS) is 12.9. The highest BCUT2D eigenvalue weighted by molar-refractivity contribution is 5.86. The predicted octanol–water partition coefficient (Wildman–Crippen LogP) is 2.85. The number of carbonyl (C=O) groups excluding carboxylic acids is 2. The Bertz CT molecular complexity index is 440. The third-order valence-corrected chi connectivity index (χ3v) is 2.34. The lowest BCUT2D eigenvalue weighted by molar-refractivity contribution is -0.275. The Balaban J connectivity index is 3.13. The molecule has 1 aromatic carbocycles. The second kappa shape index (κ2) is 5.66. The Morgan fingerprint density at radius 1 is 1.39 bits per heavy atom. The van der Waals surface area contributed by atoms with E-state index in [1.165, 1.54) is 25.1 Å². The molecule has 3 nitrogen and oxygen atoms in total. The molecule has 0 heterocycles. The van der Waals surface area contributed by atoms with Crippen molar-refractivity contribution in [1.29, 1.82) is 0 Å². The van der Waals surface area contributed by atoms with E-state index >= 15 is 0 Å². The molecule has 1 rings (SSSR count). The van der Waals surface area contributed by atoms with Crippen molar-refractivity contribution in [3.8, 4) is 5.75 Å². The first-order valence-corrected chi connectivity index (χ1v) is 5.14. The fraction of sp³-hybridized carbons (Fsp3) is 0.333. The van der Waals surface area contributed by atoms with Crippen molar-refractivity contribution in [3.63, 3.8) is 0 Å². The zero-order valence-electron chi connectivity index (χ0n) is 9.53. The van der Waals surface area contributed by atoms with Gasteiger partial charge in [-0.25, -0.2) is 0 Å². The summed E-state index contributed by atoms with van der Waals surface area (Å²) in [7, 11) is 0. The number of ether oxygens (including phenoxy) is 1. The largest absolute Gasteiger partial charge is 0.573 e. The third kappa shape index (κ3) is 3.87. The number of hydrogen-bond acceptors (Lipinski definition) is 3. The molecule has 1 unspecified atom stereocenters. The molecule has 0 saturated carbocycles. The van der Waals surface area contributed by atoms with Gasteiger partial charge in [-0.05, 0) is 13.0 Å². The molecular weight excluding hydrogens is 249 g/mol. The molecule has 1 aromatic rings. The van der Waals surface area contributed by atoms with Crippen molar-refractivity contribution < 1.29 is 27.5 Å². The highest BCUT2D eigenvalue weighted by Crippen LogP contribution is 2.32. The number of aldehydes is 1. The number of Topliss-reactive ketones (excluding diaryl/α,β-unsaturated/α-hetero) is 1. The first-order chi connectivity index (χ1) is 8.35. The van der Waals surface area contributed by atoms with Crippen molar-refractivity contribution in [2.24, 2.45) is 0 Å². The molecule has 0 spiro atoms. The van der Waals surface area contributed by atoms with Crippen molar-refractivity contribution >= 4 is 12.1 Å². The minimum atomic E-state index is -4.83. The van der Waals surface area contributed by atoms with Gasteiger partial charge in [0.2, 0.25) is 0 Å². The monoisotopic (exact) mass is 260 g/mol. The van der Waals surface area contributed by atoms with Gasteiger partial charge >= 0.3 is 6.36 Å². The van der Waals surface area contributed by atoms with Crippen LogP contribution in [0.1, 0.15) is 24.8 Å². The first kappa shape index (κ1) is 14.2. The van der Waals surface area contributed by atoms with Crippen molar-refractivity contribution in [3.05, 3.63) is 29.8 Å². The molecule has 0 amide bonds. The minimum Gasteiger partial charge on any atom is -0.405 e. The number of benzene rings is 1. The van der Waals surface area contributed by atoms with E-state index in [1.807, 2.05) is 0 Å². The summed E-state index contributed by atoms with van der Waals surface area (Å²) in [6.07, 6.45) is -4.51. The van der Waals surface area contributed by atoms with Crippen LogP contribution >= 0.6 is 0 Å². The Hall–Kier alpha value is -1.85. The van der Waals surface area contributed by atoms with Crippen LogP contribution in [0.15, 0.2) is 24.3 Å². The van der Waals surface area contributed by atoms with Gasteiger partial charge in [-0.1, -0.05) is 18.2 Å². The number of rotatable bonds is 5. The Labute approximate surface area is 102 Å². The summed E-state index contributed by atoms with van der Waals surface area (Å²) >= 11 is 0. The molecule has 98 valence electrons. The Kier molecular flexibility index (Phi) is 4.47. The van der Waals surface area contributed by atoms with Gasteiger partial charge in [0.05, 0.1) is 5.92 Å². The molecule has 0 aromatic heterocycles. The molecule has 0 fully saturated rings. The molecule has 0 saturated heterocycles. The smallest absolute Gasteiger partial charge is 0.405 e. The molecule has 6 heteroatoms. The third-order valence-electron chi connectivity index (χ3n) is 2.34. The number of para-hydroxylation sites is 1. The Morgan fingerprint density at radius 2 is 2.00 bits per heavy atom. The number of halogens is 3. The van der Waals surface area contributed by atoms with E-state index in [4.69, 9.17) is 0 Å². The summed E-state index contributed by atoms with van der Waals surface area (Å²) in [5.41, 5.74) is 0.0643. The molecule has 0 aliphatic carbocycles. The van der Waals surface area contributed by atoms with Crippen molar-refractivity contribution in [2.75, 3.05) is 0 Å². The van der Waals surface area contributed by atoms with Crippen LogP contribution in [-0.4, -0.2) is 18.4 Å². The van der Waals surface area contributed by atoms with E-state index in [-0.39, 0.29) is 17.8 Å². The van der Waals surface area contributed by atoms with Crippen LogP contribution in [0.4, 0.5) is 13.2 Å². The van der Waals surface area contributed by atoms with Crippen LogP contribution in [0, 0.1) is 0 Å². The van der Waals surface area contributed by atoms with E-state index in [1.54, 1.807) is 0 Å². The molecule has 0 radical (unpaired) electrons. The standard InChI is InChI=1S/C12H11F3O3/c1-8(17)9(6-7-16)10-4-2-3-5-11(10)18-12(13,14)15/h2-5,7,9H,6H2,1H3. The lowest BCUT2D eigenvalue weighted by Gasteiger charge is -2.17. The van der Waals surface area contributed by atoms with E-state index < -0.39 is 18.0 Å². The molecule has 1 atom stereocenters. The van der Waals surface area contributed by atoms with E-state index in [9.17, 15) is 22.8 Å². The van der Waals surface area contributed by atoms with Gasteiger partial charge in [0.1, 0.15) is 17.8 Å². The maximum Gasteiger partial charge on any atom is 0.573 e. The molecule has 0 aliphatic heterocycles. The van der Waals surface area contributed by atoms with Crippen molar-refractivity contribution in [1.82, 2.24) is 0 Å². The van der Waals surface area contributed by atoms with Gasteiger partial charge in [0.15, 0.2) is 0 Å². The van der Waals surface area contributed by atoms with Crippen LogP contribution in [0.2, 0.25) is 0 Å². The second-order valence-electron chi connectivity index (χ2n) is 3.65. The van der Waals surface area contributed by atoms with E-state index in [2.05, 4.69) is 4.74 Å². The van der Waals surface area contributed by atoms with Gasteiger partial charge in [0.25, 0.3) is 0 Å². The highest BCUT2D eigenvalue weighted by atomic mass is 19.4. The average molecular weight is 260 g/mol. The summed E-state index contributed by atoms with van der Waals surface area (Å²) in [4.78, 5) is 21.8. The Morgan fingerprint density at radius 3 is 2.50 bits per heavy atom. The SMILES string of the molecule is CC(=O)C(CC=O)c1ccccc1OC(F)(F)F. The van der Waals surface area contributed by atoms with Gasteiger partial charge < -0.3 is 9.53 Å². The predicted molar refractivity (Wildman–Crippen MR) is 57.2 cm³/mol. The lowest BCUT2D eigenvalue weighted by Crippen LogP contribution is -2.20. The molecular formula is C12H11F3O3. The minimum absolute atomic E-state index is 0.0643. The summed E-state index contributed by atoms with van der Waals surface area (Å²) < 4.78 is 40.4. The fourth-order valence-electron chi connectivity index (χ4n) is 1.59. The van der Waals surface area contributed by atoms with Crippen molar-refractivity contribution in [2.45, 2.75) is 25.6 Å². The number of carbonyl (C=O) groups is 2. The van der Waals surface area contributed by atoms with Crippen LogP contribution in [0.5, 0.6) is 5.75 Å². The number of ketones is 1. The molecule has 0 bridgehead atoms. The van der Waals surface area contributed by atoms with Crippen LogP contribution in [-0.2, 0) is 9.59 Å². The number of alkyl halides is 3. The zero-order chi connectivity index (χ0) is 13.8. The summed E-state index contributed by atoms with van der Waals surface area (Å²) in [6, 6.07) is 5.31. The van der Waals surface area contributed by atoms with Gasteiger partial charge in [-0.15, -0.1) is 13.2 Å². The second-order valence-corrected chi connectivity index (χ2v) is 3.65. The molecule has 0 aliphatic rings. The topological polar surface area (TPSA) is 43.4 Å². The van der Waals surface area contributed by atoms with Crippen LogP contribution in [0.25, 0.3) is 0 Å².